The van der Waals surface area contributed by atoms with Gasteiger partial charge in [-0.25, -0.2) is 0 Å². The standard InChI is InChI=1S/C14H14N4O/c1-10(13-8-16-18(2)9-13)17-14(19)12-5-3-11(7-15)4-6-12/h3-6,8-10H,1-2H3,(H,17,19). The molecule has 1 aromatic heterocycles. The molecule has 2 rings (SSSR count). The Labute approximate surface area is 111 Å². The highest BCUT2D eigenvalue weighted by Crippen LogP contribution is 2.12. The summed E-state index contributed by atoms with van der Waals surface area (Å²) >= 11 is 0. The number of nitrogens with one attached hydrogen (secondary N) is 1. The van der Waals surface area contributed by atoms with Crippen LogP contribution in [0.2, 0.25) is 0 Å². The molecule has 0 bridgehead atoms. The van der Waals surface area contributed by atoms with E-state index in [-0.39, 0.29) is 11.9 Å². The van der Waals surface area contributed by atoms with Gasteiger partial charge >= 0.3 is 0 Å². The molecule has 5 nitrogen and oxygen atoms in total. The van der Waals surface area contributed by atoms with E-state index in [1.807, 2.05) is 26.2 Å². The van der Waals surface area contributed by atoms with Gasteiger partial charge in [0.25, 0.3) is 5.91 Å². The number of hydrogen-bond donors (Lipinski definition) is 1. The number of aryl methyl sites for hydroxylation is 1. The summed E-state index contributed by atoms with van der Waals surface area (Å²) in [6.45, 7) is 1.90. The van der Waals surface area contributed by atoms with Crippen molar-refractivity contribution in [2.45, 2.75) is 13.0 Å². The Morgan fingerprint density at radius 3 is 2.63 bits per heavy atom. The summed E-state index contributed by atoms with van der Waals surface area (Å²) in [5.41, 5.74) is 2.02. The second kappa shape index (κ2) is 5.36. The van der Waals surface area contributed by atoms with E-state index in [1.165, 1.54) is 0 Å². The zero-order valence-electron chi connectivity index (χ0n) is 10.8. The van der Waals surface area contributed by atoms with Gasteiger partial charge in [-0.15, -0.1) is 0 Å². The monoisotopic (exact) mass is 254 g/mol. The Bertz CT molecular complexity index is 622. The maximum Gasteiger partial charge on any atom is 0.251 e. The second-order valence-electron chi connectivity index (χ2n) is 4.33. The summed E-state index contributed by atoms with van der Waals surface area (Å²) in [7, 11) is 1.83. The average molecular weight is 254 g/mol. The van der Waals surface area contributed by atoms with Crippen molar-refractivity contribution in [2.24, 2.45) is 7.05 Å². The van der Waals surface area contributed by atoms with Gasteiger partial charge in [-0.05, 0) is 31.2 Å². The molecule has 0 saturated carbocycles. The Morgan fingerprint density at radius 1 is 1.42 bits per heavy atom. The minimum Gasteiger partial charge on any atom is -0.345 e. The summed E-state index contributed by atoms with van der Waals surface area (Å²) in [5, 5.41) is 15.7. The van der Waals surface area contributed by atoms with Crippen molar-refractivity contribution in [3.8, 4) is 6.07 Å². The van der Waals surface area contributed by atoms with E-state index in [1.54, 1.807) is 35.1 Å². The summed E-state index contributed by atoms with van der Waals surface area (Å²) in [6.07, 6.45) is 3.59. The molecule has 0 saturated heterocycles. The van der Waals surface area contributed by atoms with Gasteiger partial charge in [-0.1, -0.05) is 0 Å². The predicted octanol–water partition coefficient (Wildman–Crippen LogP) is 1.78. The third-order valence-corrected chi connectivity index (χ3v) is 2.85. The van der Waals surface area contributed by atoms with Crippen LogP contribution in [0.25, 0.3) is 0 Å². The molecular formula is C14H14N4O. The highest BCUT2D eigenvalue weighted by molar-refractivity contribution is 5.94. The molecule has 19 heavy (non-hydrogen) atoms. The number of aromatic nitrogens is 2. The predicted molar refractivity (Wildman–Crippen MR) is 70.2 cm³/mol. The number of rotatable bonds is 3. The van der Waals surface area contributed by atoms with E-state index in [4.69, 9.17) is 5.26 Å². The van der Waals surface area contributed by atoms with Gasteiger partial charge in [0.05, 0.1) is 23.9 Å². The van der Waals surface area contributed by atoms with Crippen LogP contribution in [0.4, 0.5) is 0 Å². The molecule has 1 N–H and O–H groups in total. The Kier molecular flexibility index (Phi) is 3.62. The molecule has 0 fully saturated rings. The summed E-state index contributed by atoms with van der Waals surface area (Å²) in [4.78, 5) is 12.0. The third-order valence-electron chi connectivity index (χ3n) is 2.85. The van der Waals surface area contributed by atoms with Crippen molar-refractivity contribution in [1.29, 1.82) is 5.26 Å². The van der Waals surface area contributed by atoms with Crippen molar-refractivity contribution >= 4 is 5.91 Å². The van der Waals surface area contributed by atoms with Gasteiger partial charge in [0, 0.05) is 24.4 Å². The zero-order valence-corrected chi connectivity index (χ0v) is 10.8. The number of carbonyl (C=O) groups excluding carboxylic acids is 1. The first kappa shape index (κ1) is 12.8. The van der Waals surface area contributed by atoms with Crippen molar-refractivity contribution in [3.05, 3.63) is 53.3 Å². The number of nitrogens with zero attached hydrogens (tertiary/aromatic N) is 3. The molecule has 96 valence electrons. The largest absolute Gasteiger partial charge is 0.345 e. The SMILES string of the molecule is CC(NC(=O)c1ccc(C#N)cc1)c1cnn(C)c1. The lowest BCUT2D eigenvalue weighted by Gasteiger charge is -2.12. The van der Waals surface area contributed by atoms with Crippen molar-refractivity contribution in [2.75, 3.05) is 0 Å². The highest BCUT2D eigenvalue weighted by atomic mass is 16.1. The minimum absolute atomic E-state index is 0.114. The Morgan fingerprint density at radius 2 is 2.11 bits per heavy atom. The minimum atomic E-state index is -0.166. The third kappa shape index (κ3) is 2.99. The number of nitriles is 1. The first-order valence-corrected chi connectivity index (χ1v) is 5.89. The highest BCUT2D eigenvalue weighted by Gasteiger charge is 2.12. The summed E-state index contributed by atoms with van der Waals surface area (Å²) in [6, 6.07) is 8.45. The van der Waals surface area contributed by atoms with Crippen LogP contribution in [0.1, 0.15) is 34.5 Å². The van der Waals surface area contributed by atoms with Gasteiger partial charge in [0.15, 0.2) is 0 Å². The molecular weight excluding hydrogens is 240 g/mol. The van der Waals surface area contributed by atoms with Crippen LogP contribution in [0.3, 0.4) is 0 Å². The molecule has 1 amide bonds. The molecule has 0 aliphatic rings. The molecule has 1 unspecified atom stereocenters. The van der Waals surface area contributed by atoms with Crippen molar-refractivity contribution in [3.63, 3.8) is 0 Å². The molecule has 0 radical (unpaired) electrons. The maximum absolute atomic E-state index is 12.0. The van der Waals surface area contributed by atoms with E-state index in [0.717, 1.165) is 5.56 Å². The Hall–Kier alpha value is -2.61. The first-order valence-electron chi connectivity index (χ1n) is 5.89. The quantitative estimate of drug-likeness (QED) is 0.907. The Balaban J connectivity index is 2.06. The van der Waals surface area contributed by atoms with Crippen LogP contribution >= 0.6 is 0 Å². The molecule has 2 aromatic rings. The van der Waals surface area contributed by atoms with Crippen molar-refractivity contribution in [1.82, 2.24) is 15.1 Å². The van der Waals surface area contributed by atoms with Crippen molar-refractivity contribution < 1.29 is 4.79 Å². The lowest BCUT2D eigenvalue weighted by Crippen LogP contribution is -2.26. The topological polar surface area (TPSA) is 70.7 Å². The van der Waals surface area contributed by atoms with Crippen LogP contribution in [0.15, 0.2) is 36.7 Å². The van der Waals surface area contributed by atoms with Gasteiger partial charge in [0.1, 0.15) is 0 Å². The van der Waals surface area contributed by atoms with Crippen LogP contribution in [0, 0.1) is 11.3 Å². The molecule has 5 heteroatoms. The zero-order chi connectivity index (χ0) is 13.8. The smallest absolute Gasteiger partial charge is 0.251 e. The van der Waals surface area contributed by atoms with Gasteiger partial charge in [0.2, 0.25) is 0 Å². The van der Waals surface area contributed by atoms with Crippen LogP contribution < -0.4 is 5.32 Å². The fraction of sp³-hybridized carbons (Fsp3) is 0.214. The van der Waals surface area contributed by atoms with E-state index in [0.29, 0.717) is 11.1 Å². The van der Waals surface area contributed by atoms with Gasteiger partial charge in [-0.2, -0.15) is 10.4 Å². The lowest BCUT2D eigenvalue weighted by molar-refractivity contribution is 0.0940. The van der Waals surface area contributed by atoms with Crippen LogP contribution in [-0.4, -0.2) is 15.7 Å². The van der Waals surface area contributed by atoms with Crippen LogP contribution in [-0.2, 0) is 7.05 Å². The molecule has 1 aromatic carbocycles. The van der Waals surface area contributed by atoms with Gasteiger partial charge in [-0.3, -0.25) is 9.48 Å². The van der Waals surface area contributed by atoms with Gasteiger partial charge < -0.3 is 5.32 Å². The normalized spacial score (nSPS) is 11.6. The summed E-state index contributed by atoms with van der Waals surface area (Å²) in [5.74, 6) is -0.166. The van der Waals surface area contributed by atoms with E-state index < -0.39 is 0 Å². The second-order valence-corrected chi connectivity index (χ2v) is 4.33. The molecule has 0 aliphatic carbocycles. The van der Waals surface area contributed by atoms with E-state index in [9.17, 15) is 4.79 Å². The number of hydrogen-bond acceptors (Lipinski definition) is 3. The molecule has 0 aliphatic heterocycles. The fourth-order valence-corrected chi connectivity index (χ4v) is 1.72. The maximum atomic E-state index is 12.0. The molecule has 1 heterocycles. The van der Waals surface area contributed by atoms with Crippen LogP contribution in [0.5, 0.6) is 0 Å². The van der Waals surface area contributed by atoms with E-state index >= 15 is 0 Å². The average Bonchev–Trinajstić information content (AvgIpc) is 2.85. The fourth-order valence-electron chi connectivity index (χ4n) is 1.72. The van der Waals surface area contributed by atoms with E-state index in [2.05, 4.69) is 10.4 Å². The molecule has 0 spiro atoms. The summed E-state index contributed by atoms with van der Waals surface area (Å²) < 4.78 is 1.69. The number of amides is 1. The molecule has 1 atom stereocenters. The first-order chi connectivity index (χ1) is 9.10. The number of carbonyl (C=O) groups is 1. The lowest BCUT2D eigenvalue weighted by atomic mass is 10.1. The number of benzene rings is 1.